The smallest absolute Gasteiger partial charge is 0.248 e. The Morgan fingerprint density at radius 2 is 2.25 bits per heavy atom. The number of H-pyrrole nitrogens is 1. The van der Waals surface area contributed by atoms with Crippen LogP contribution in [0.2, 0.25) is 0 Å². The molecule has 1 aromatic heterocycles. The number of aryl methyl sites for hydroxylation is 2. The van der Waals surface area contributed by atoms with Crippen LogP contribution in [0.15, 0.2) is 24.3 Å². The highest BCUT2D eigenvalue weighted by Crippen LogP contribution is 2.60. The van der Waals surface area contributed by atoms with Crippen LogP contribution < -0.4 is 5.32 Å². The molecule has 5 nitrogen and oxygen atoms in total. The van der Waals surface area contributed by atoms with Crippen molar-refractivity contribution in [2.45, 2.75) is 25.7 Å². The molecule has 0 saturated heterocycles. The third-order valence-electron chi connectivity index (χ3n) is 4.46. The Kier molecular flexibility index (Phi) is 2.42. The zero-order valence-electron chi connectivity index (χ0n) is 11.3. The first-order valence-corrected chi connectivity index (χ1v) is 7.02. The van der Waals surface area contributed by atoms with Gasteiger partial charge in [-0.2, -0.15) is 4.98 Å². The molecule has 2 aliphatic rings. The molecule has 3 unspecified atom stereocenters. The largest absolute Gasteiger partial charge is 0.293 e. The lowest BCUT2D eigenvalue weighted by molar-refractivity contribution is -0.117. The number of hydrogen-bond donors (Lipinski definition) is 2. The Hall–Kier alpha value is -2.17. The predicted molar refractivity (Wildman–Crippen MR) is 74.2 cm³/mol. The Balaban J connectivity index is 1.53. The molecule has 0 radical (unpaired) electrons. The number of rotatable bonds is 2. The van der Waals surface area contributed by atoms with E-state index in [-0.39, 0.29) is 11.8 Å². The summed E-state index contributed by atoms with van der Waals surface area (Å²) >= 11 is 0. The van der Waals surface area contributed by atoms with Crippen molar-refractivity contribution in [1.82, 2.24) is 15.2 Å². The molecule has 2 aromatic rings. The molecule has 3 atom stereocenters. The third-order valence-corrected chi connectivity index (χ3v) is 4.46. The summed E-state index contributed by atoms with van der Waals surface area (Å²) in [6.45, 7) is 1.82. The Labute approximate surface area is 116 Å². The molecule has 1 amide bonds. The van der Waals surface area contributed by atoms with E-state index in [0.717, 1.165) is 12.8 Å². The van der Waals surface area contributed by atoms with Gasteiger partial charge in [-0.15, -0.1) is 5.10 Å². The summed E-state index contributed by atoms with van der Waals surface area (Å²) in [5, 5.41) is 9.51. The maximum atomic E-state index is 12.4. The minimum Gasteiger partial charge on any atom is -0.293 e. The van der Waals surface area contributed by atoms with Crippen LogP contribution in [0.4, 0.5) is 5.95 Å². The molecule has 20 heavy (non-hydrogen) atoms. The van der Waals surface area contributed by atoms with E-state index in [1.807, 2.05) is 6.92 Å². The first-order chi connectivity index (χ1) is 9.74. The highest BCUT2D eigenvalue weighted by atomic mass is 16.2. The standard InChI is InChI=1S/C15H16N4O/c1-8-16-15(19-18-8)17-14(20)13-11-7-6-9-4-2-3-5-10(9)12(11)13/h2-5,11-13H,6-7H2,1H3,(H2,16,17,18,19,20). The molecule has 1 heterocycles. The highest BCUT2D eigenvalue weighted by molar-refractivity contribution is 5.94. The topological polar surface area (TPSA) is 70.7 Å². The van der Waals surface area contributed by atoms with Crippen LogP contribution in [0.1, 0.15) is 29.3 Å². The number of carbonyl (C=O) groups excluding carboxylic acids is 1. The Morgan fingerprint density at radius 1 is 1.40 bits per heavy atom. The normalized spacial score (nSPS) is 26.6. The minimum absolute atomic E-state index is 0.0516. The number of anilines is 1. The molecule has 5 heteroatoms. The predicted octanol–water partition coefficient (Wildman–Crippen LogP) is 2.03. The van der Waals surface area contributed by atoms with E-state index in [2.05, 4.69) is 44.8 Å². The van der Waals surface area contributed by atoms with Crippen molar-refractivity contribution >= 4 is 11.9 Å². The van der Waals surface area contributed by atoms with Gasteiger partial charge in [-0.25, -0.2) is 0 Å². The van der Waals surface area contributed by atoms with E-state index in [9.17, 15) is 4.79 Å². The van der Waals surface area contributed by atoms with E-state index in [0.29, 0.717) is 23.6 Å². The first kappa shape index (κ1) is 11.6. The van der Waals surface area contributed by atoms with Crippen molar-refractivity contribution in [3.8, 4) is 0 Å². The van der Waals surface area contributed by atoms with Gasteiger partial charge in [0.25, 0.3) is 0 Å². The number of fused-ring (bicyclic) bond motifs is 3. The second-order valence-electron chi connectivity index (χ2n) is 5.69. The molecular formula is C15H16N4O. The number of amides is 1. The van der Waals surface area contributed by atoms with Crippen LogP contribution in [0.3, 0.4) is 0 Å². The van der Waals surface area contributed by atoms with Gasteiger partial charge in [0, 0.05) is 5.92 Å². The number of hydrogen-bond acceptors (Lipinski definition) is 3. The number of benzene rings is 1. The minimum atomic E-state index is 0.0516. The molecule has 0 bridgehead atoms. The van der Waals surface area contributed by atoms with Crippen LogP contribution in [0.25, 0.3) is 0 Å². The summed E-state index contributed by atoms with van der Waals surface area (Å²) in [6, 6.07) is 8.48. The van der Waals surface area contributed by atoms with Crippen molar-refractivity contribution in [2.24, 2.45) is 11.8 Å². The van der Waals surface area contributed by atoms with E-state index in [4.69, 9.17) is 0 Å². The number of nitrogens with zero attached hydrogens (tertiary/aromatic N) is 2. The summed E-state index contributed by atoms with van der Waals surface area (Å²) in [4.78, 5) is 16.5. The molecule has 0 aliphatic heterocycles. The molecule has 4 rings (SSSR count). The van der Waals surface area contributed by atoms with Gasteiger partial charge >= 0.3 is 0 Å². The fourth-order valence-electron chi connectivity index (χ4n) is 3.52. The monoisotopic (exact) mass is 268 g/mol. The van der Waals surface area contributed by atoms with Crippen molar-refractivity contribution in [3.05, 3.63) is 41.2 Å². The average molecular weight is 268 g/mol. The molecule has 2 N–H and O–H groups in total. The lowest BCUT2D eigenvalue weighted by Crippen LogP contribution is -2.16. The van der Waals surface area contributed by atoms with Gasteiger partial charge in [0.2, 0.25) is 11.9 Å². The fourth-order valence-corrected chi connectivity index (χ4v) is 3.52. The molecule has 1 fully saturated rings. The lowest BCUT2D eigenvalue weighted by Gasteiger charge is -2.13. The maximum Gasteiger partial charge on any atom is 0.248 e. The highest BCUT2D eigenvalue weighted by Gasteiger charge is 2.57. The zero-order valence-corrected chi connectivity index (χ0v) is 11.3. The van der Waals surface area contributed by atoms with Crippen LogP contribution in [-0.4, -0.2) is 21.1 Å². The van der Waals surface area contributed by atoms with E-state index in [1.165, 1.54) is 11.1 Å². The molecule has 0 spiro atoms. The van der Waals surface area contributed by atoms with Crippen molar-refractivity contribution < 1.29 is 4.79 Å². The Bertz CT molecular complexity index is 678. The SMILES string of the molecule is Cc1nc(NC(=O)C2C3CCc4ccccc4C32)n[nH]1. The van der Waals surface area contributed by atoms with Crippen molar-refractivity contribution in [3.63, 3.8) is 0 Å². The number of aromatic amines is 1. The second-order valence-corrected chi connectivity index (χ2v) is 5.69. The summed E-state index contributed by atoms with van der Waals surface area (Å²) in [5.74, 6) is 2.10. The average Bonchev–Trinajstić information content (AvgIpc) is 3.08. The van der Waals surface area contributed by atoms with Gasteiger partial charge in [-0.3, -0.25) is 15.2 Å². The second kappa shape index (κ2) is 4.16. The van der Waals surface area contributed by atoms with E-state index < -0.39 is 0 Å². The van der Waals surface area contributed by atoms with Gasteiger partial charge in [0.15, 0.2) is 0 Å². The van der Waals surface area contributed by atoms with Crippen LogP contribution in [-0.2, 0) is 11.2 Å². The lowest BCUT2D eigenvalue weighted by atomic mass is 9.92. The summed E-state index contributed by atoms with van der Waals surface area (Å²) < 4.78 is 0. The summed E-state index contributed by atoms with van der Waals surface area (Å²) in [6.07, 6.45) is 2.19. The summed E-state index contributed by atoms with van der Waals surface area (Å²) in [5.41, 5.74) is 2.76. The Morgan fingerprint density at radius 3 is 3.05 bits per heavy atom. The maximum absolute atomic E-state index is 12.4. The van der Waals surface area contributed by atoms with E-state index in [1.54, 1.807) is 0 Å². The van der Waals surface area contributed by atoms with Gasteiger partial charge < -0.3 is 0 Å². The quantitative estimate of drug-likeness (QED) is 0.875. The third kappa shape index (κ3) is 1.73. The fraction of sp³-hybridized carbons (Fsp3) is 0.400. The van der Waals surface area contributed by atoms with Crippen LogP contribution in [0, 0.1) is 18.8 Å². The van der Waals surface area contributed by atoms with Gasteiger partial charge in [0.1, 0.15) is 5.82 Å². The zero-order chi connectivity index (χ0) is 13.7. The van der Waals surface area contributed by atoms with E-state index >= 15 is 0 Å². The first-order valence-electron chi connectivity index (χ1n) is 7.02. The molecule has 102 valence electrons. The number of aromatic nitrogens is 3. The molecule has 1 aromatic carbocycles. The van der Waals surface area contributed by atoms with Gasteiger partial charge in [-0.1, -0.05) is 24.3 Å². The van der Waals surface area contributed by atoms with Gasteiger partial charge in [-0.05, 0) is 42.7 Å². The molecule has 1 saturated carbocycles. The molecule has 2 aliphatic carbocycles. The summed E-state index contributed by atoms with van der Waals surface area (Å²) in [7, 11) is 0. The number of carbonyl (C=O) groups is 1. The van der Waals surface area contributed by atoms with Crippen LogP contribution in [0.5, 0.6) is 0 Å². The van der Waals surface area contributed by atoms with Crippen molar-refractivity contribution in [1.29, 1.82) is 0 Å². The van der Waals surface area contributed by atoms with Crippen molar-refractivity contribution in [2.75, 3.05) is 5.32 Å². The number of nitrogens with one attached hydrogen (secondary N) is 2. The van der Waals surface area contributed by atoms with Crippen LogP contribution >= 0.6 is 0 Å². The molecular weight excluding hydrogens is 252 g/mol. The van der Waals surface area contributed by atoms with Gasteiger partial charge in [0.05, 0.1) is 0 Å².